The van der Waals surface area contributed by atoms with E-state index in [1.807, 2.05) is 0 Å². The molecule has 1 saturated heterocycles. The summed E-state index contributed by atoms with van der Waals surface area (Å²) < 4.78 is 16.6. The van der Waals surface area contributed by atoms with E-state index in [0.717, 1.165) is 37.1 Å². The molecule has 7 nitrogen and oxygen atoms in total. The average Bonchev–Trinajstić information content (AvgIpc) is 3.05. The first-order valence-corrected chi connectivity index (χ1v) is 8.86. The molecule has 0 spiro atoms. The van der Waals surface area contributed by atoms with Crippen LogP contribution in [0.2, 0.25) is 0 Å². The fourth-order valence-electron chi connectivity index (χ4n) is 2.98. The molecule has 7 heteroatoms. The van der Waals surface area contributed by atoms with E-state index in [1.165, 1.54) is 0 Å². The van der Waals surface area contributed by atoms with Crippen LogP contribution in [-0.4, -0.2) is 47.6 Å². The second kappa shape index (κ2) is 7.82. The molecule has 136 valence electrons. The quantitative estimate of drug-likeness (QED) is 0.808. The molecule has 0 aliphatic carbocycles. The first-order chi connectivity index (χ1) is 12.1. The molecule has 2 aromatic heterocycles. The van der Waals surface area contributed by atoms with E-state index in [4.69, 9.17) is 14.2 Å². The number of H-pyrrole nitrogens is 1. The summed E-state index contributed by atoms with van der Waals surface area (Å²) in [4.78, 5) is 16.5. The smallest absolute Gasteiger partial charge is 0.357 e. The topological polar surface area (TPSA) is 86.3 Å². The lowest BCUT2D eigenvalue weighted by atomic mass is 10.0. The normalized spacial score (nSPS) is 15.7. The lowest BCUT2D eigenvalue weighted by molar-refractivity contribution is 0.0496. The van der Waals surface area contributed by atoms with E-state index in [-0.39, 0.29) is 11.6 Å². The van der Waals surface area contributed by atoms with Crippen LogP contribution >= 0.6 is 0 Å². The van der Waals surface area contributed by atoms with Gasteiger partial charge in [0.05, 0.1) is 24.3 Å². The maximum Gasteiger partial charge on any atom is 0.357 e. The number of hydrogen-bond acceptors (Lipinski definition) is 6. The largest absolute Gasteiger partial charge is 0.492 e. The lowest BCUT2D eigenvalue weighted by Crippen LogP contribution is -2.21. The Kier molecular flexibility index (Phi) is 5.53. The second-order valence-electron chi connectivity index (χ2n) is 6.58. The lowest BCUT2D eigenvalue weighted by Gasteiger charge is -2.22. The van der Waals surface area contributed by atoms with Crippen LogP contribution in [0.25, 0.3) is 11.0 Å². The number of nitrogens with one attached hydrogen (secondary N) is 1. The third-order valence-corrected chi connectivity index (χ3v) is 4.37. The standard InChI is InChI=1S/C18H25N3O4/c1-4-24-18(22)13-9-14(25-10-12-5-7-23-8-6-12)15-16(11(2)3)20-21-17(15)19-13/h9,11-12H,4-8,10H2,1-3H3,(H,19,20,21). The summed E-state index contributed by atoms with van der Waals surface area (Å²) >= 11 is 0. The Morgan fingerprint density at radius 3 is 2.84 bits per heavy atom. The van der Waals surface area contributed by atoms with Gasteiger partial charge in [-0.1, -0.05) is 13.8 Å². The van der Waals surface area contributed by atoms with Crippen LogP contribution < -0.4 is 4.74 Å². The second-order valence-corrected chi connectivity index (χ2v) is 6.58. The number of carbonyl (C=O) groups is 1. The molecule has 1 fully saturated rings. The Morgan fingerprint density at radius 1 is 1.40 bits per heavy atom. The zero-order chi connectivity index (χ0) is 17.8. The SMILES string of the molecule is CCOC(=O)c1cc(OCC2CCOCC2)c2c(C(C)C)n[nH]c2n1. The molecule has 0 aromatic carbocycles. The van der Waals surface area contributed by atoms with Gasteiger partial charge in [-0.05, 0) is 31.6 Å². The molecule has 3 rings (SSSR count). The molecule has 1 aliphatic rings. The Balaban J connectivity index is 1.93. The van der Waals surface area contributed by atoms with Crippen molar-refractivity contribution in [2.45, 2.75) is 39.5 Å². The number of nitrogens with zero attached hydrogens (tertiary/aromatic N) is 2. The van der Waals surface area contributed by atoms with Gasteiger partial charge in [-0.2, -0.15) is 5.10 Å². The van der Waals surface area contributed by atoms with E-state index < -0.39 is 5.97 Å². The summed E-state index contributed by atoms with van der Waals surface area (Å²) in [6, 6.07) is 1.67. The fourth-order valence-corrected chi connectivity index (χ4v) is 2.98. The summed E-state index contributed by atoms with van der Waals surface area (Å²) in [5.41, 5.74) is 1.67. The van der Waals surface area contributed by atoms with E-state index in [0.29, 0.717) is 30.5 Å². The summed E-state index contributed by atoms with van der Waals surface area (Å²) in [6.07, 6.45) is 1.97. The molecular formula is C18H25N3O4. The minimum atomic E-state index is -0.457. The van der Waals surface area contributed by atoms with Crippen LogP contribution in [0.3, 0.4) is 0 Å². The van der Waals surface area contributed by atoms with Crippen molar-refractivity contribution in [2.75, 3.05) is 26.4 Å². The van der Waals surface area contributed by atoms with Gasteiger partial charge in [0.15, 0.2) is 11.3 Å². The number of carbonyl (C=O) groups excluding carboxylic acids is 1. The molecule has 0 atom stereocenters. The molecule has 0 unspecified atom stereocenters. The van der Waals surface area contributed by atoms with Crippen LogP contribution in [-0.2, 0) is 9.47 Å². The third-order valence-electron chi connectivity index (χ3n) is 4.37. The number of esters is 1. The van der Waals surface area contributed by atoms with Crippen molar-refractivity contribution in [3.63, 3.8) is 0 Å². The van der Waals surface area contributed by atoms with Gasteiger partial charge in [0.2, 0.25) is 0 Å². The zero-order valence-electron chi connectivity index (χ0n) is 15.0. The molecule has 1 aliphatic heterocycles. The molecule has 1 N–H and O–H groups in total. The number of aromatic nitrogens is 3. The molecule has 0 saturated carbocycles. The molecule has 2 aromatic rings. The van der Waals surface area contributed by atoms with Gasteiger partial charge in [-0.25, -0.2) is 9.78 Å². The van der Waals surface area contributed by atoms with Crippen LogP contribution in [0.4, 0.5) is 0 Å². The summed E-state index contributed by atoms with van der Waals surface area (Å²) in [5, 5.41) is 8.12. The molecule has 0 radical (unpaired) electrons. The summed E-state index contributed by atoms with van der Waals surface area (Å²) in [6.45, 7) is 8.35. The van der Waals surface area contributed by atoms with E-state index >= 15 is 0 Å². The monoisotopic (exact) mass is 347 g/mol. The Hall–Kier alpha value is -2.15. The van der Waals surface area contributed by atoms with E-state index in [1.54, 1.807) is 13.0 Å². The predicted octanol–water partition coefficient (Wildman–Crippen LogP) is 3.06. The number of pyridine rings is 1. The minimum Gasteiger partial charge on any atom is -0.492 e. The number of fused-ring (bicyclic) bond motifs is 1. The van der Waals surface area contributed by atoms with Crippen molar-refractivity contribution >= 4 is 17.0 Å². The van der Waals surface area contributed by atoms with Crippen molar-refractivity contribution in [1.82, 2.24) is 15.2 Å². The van der Waals surface area contributed by atoms with E-state index in [2.05, 4.69) is 29.0 Å². The van der Waals surface area contributed by atoms with Gasteiger partial charge < -0.3 is 14.2 Å². The molecule has 25 heavy (non-hydrogen) atoms. The van der Waals surface area contributed by atoms with Gasteiger partial charge in [-0.15, -0.1) is 0 Å². The molecule has 3 heterocycles. The first kappa shape index (κ1) is 17.7. The van der Waals surface area contributed by atoms with Gasteiger partial charge in [0, 0.05) is 19.3 Å². The highest BCUT2D eigenvalue weighted by Gasteiger charge is 2.21. The number of aromatic amines is 1. The van der Waals surface area contributed by atoms with Crippen molar-refractivity contribution in [3.05, 3.63) is 17.5 Å². The average molecular weight is 347 g/mol. The van der Waals surface area contributed by atoms with Gasteiger partial charge in [-0.3, -0.25) is 5.10 Å². The summed E-state index contributed by atoms with van der Waals surface area (Å²) in [7, 11) is 0. The Morgan fingerprint density at radius 2 is 2.16 bits per heavy atom. The fraction of sp³-hybridized carbons (Fsp3) is 0.611. The van der Waals surface area contributed by atoms with Crippen molar-refractivity contribution < 1.29 is 19.0 Å². The minimum absolute atomic E-state index is 0.217. The number of rotatable bonds is 6. The van der Waals surface area contributed by atoms with Crippen LogP contribution in [0, 0.1) is 5.92 Å². The van der Waals surface area contributed by atoms with Crippen molar-refractivity contribution in [1.29, 1.82) is 0 Å². The van der Waals surface area contributed by atoms with Gasteiger partial charge in [0.1, 0.15) is 5.75 Å². The Labute approximate surface area is 147 Å². The zero-order valence-corrected chi connectivity index (χ0v) is 15.0. The number of ether oxygens (including phenoxy) is 3. The van der Waals surface area contributed by atoms with E-state index in [9.17, 15) is 4.79 Å². The maximum atomic E-state index is 12.1. The van der Waals surface area contributed by atoms with Crippen molar-refractivity contribution in [2.24, 2.45) is 5.92 Å². The summed E-state index contributed by atoms with van der Waals surface area (Å²) in [5.74, 6) is 0.852. The van der Waals surface area contributed by atoms with Crippen LogP contribution in [0.15, 0.2) is 6.07 Å². The highest BCUT2D eigenvalue weighted by atomic mass is 16.5. The van der Waals surface area contributed by atoms with Crippen LogP contribution in [0.5, 0.6) is 5.75 Å². The van der Waals surface area contributed by atoms with Gasteiger partial charge >= 0.3 is 5.97 Å². The maximum absolute atomic E-state index is 12.1. The number of hydrogen-bond donors (Lipinski definition) is 1. The molecular weight excluding hydrogens is 322 g/mol. The third kappa shape index (κ3) is 3.92. The predicted molar refractivity (Wildman–Crippen MR) is 93.0 cm³/mol. The Bertz CT molecular complexity index is 735. The van der Waals surface area contributed by atoms with Crippen LogP contribution in [0.1, 0.15) is 55.7 Å². The highest BCUT2D eigenvalue weighted by Crippen LogP contribution is 2.32. The molecule has 0 bridgehead atoms. The first-order valence-electron chi connectivity index (χ1n) is 8.86. The van der Waals surface area contributed by atoms with Gasteiger partial charge in [0.25, 0.3) is 0 Å². The molecule has 0 amide bonds. The highest BCUT2D eigenvalue weighted by molar-refractivity contribution is 5.94. The van der Waals surface area contributed by atoms with Crippen molar-refractivity contribution in [3.8, 4) is 5.75 Å².